The molecule has 1 amide bonds. The SMILES string of the molecule is CCOCc1nc(C)cc(NC2Cc3ccccc3NC2=O)n1. The van der Waals surface area contributed by atoms with Crippen molar-refractivity contribution in [2.75, 3.05) is 17.2 Å². The number of nitrogens with zero attached hydrogens (tertiary/aromatic N) is 2. The van der Waals surface area contributed by atoms with Crippen LogP contribution in [0.1, 0.15) is 24.0 Å². The highest BCUT2D eigenvalue weighted by Gasteiger charge is 2.26. The Morgan fingerprint density at radius 3 is 3.00 bits per heavy atom. The minimum atomic E-state index is -0.348. The zero-order valence-corrected chi connectivity index (χ0v) is 13.3. The average molecular weight is 312 g/mol. The van der Waals surface area contributed by atoms with E-state index in [1.807, 2.05) is 44.2 Å². The molecule has 0 spiro atoms. The fraction of sp³-hybridized carbons (Fsp3) is 0.353. The maximum atomic E-state index is 12.3. The van der Waals surface area contributed by atoms with Crippen LogP contribution in [-0.4, -0.2) is 28.5 Å². The quantitative estimate of drug-likeness (QED) is 0.886. The molecule has 0 aliphatic carbocycles. The summed E-state index contributed by atoms with van der Waals surface area (Å²) in [5.41, 5.74) is 2.84. The standard InChI is InChI=1S/C17H20N4O2/c1-3-23-10-16-18-11(2)8-15(21-16)19-14-9-12-6-4-5-7-13(12)20-17(14)22/h4-8,14H,3,9-10H2,1-2H3,(H,20,22)(H,18,19,21). The third kappa shape index (κ3) is 3.65. The van der Waals surface area contributed by atoms with Crippen LogP contribution in [-0.2, 0) is 22.6 Å². The summed E-state index contributed by atoms with van der Waals surface area (Å²) in [6.07, 6.45) is 0.631. The van der Waals surface area contributed by atoms with Gasteiger partial charge in [-0.2, -0.15) is 0 Å². The van der Waals surface area contributed by atoms with E-state index in [1.165, 1.54) is 0 Å². The summed E-state index contributed by atoms with van der Waals surface area (Å²) in [6.45, 7) is 4.81. The Hall–Kier alpha value is -2.47. The number of benzene rings is 1. The predicted molar refractivity (Wildman–Crippen MR) is 88.3 cm³/mol. The first kappa shape index (κ1) is 15.4. The Balaban J connectivity index is 1.77. The van der Waals surface area contributed by atoms with Crippen molar-refractivity contribution in [2.45, 2.75) is 32.9 Å². The Kier molecular flexibility index (Phi) is 4.52. The van der Waals surface area contributed by atoms with E-state index in [0.29, 0.717) is 31.3 Å². The van der Waals surface area contributed by atoms with E-state index >= 15 is 0 Å². The van der Waals surface area contributed by atoms with E-state index in [0.717, 1.165) is 16.9 Å². The number of ether oxygens (including phenoxy) is 1. The van der Waals surface area contributed by atoms with E-state index in [1.54, 1.807) is 0 Å². The van der Waals surface area contributed by atoms with Crippen LogP contribution in [0.5, 0.6) is 0 Å². The van der Waals surface area contributed by atoms with Crippen molar-refractivity contribution in [2.24, 2.45) is 0 Å². The number of para-hydroxylation sites is 1. The van der Waals surface area contributed by atoms with Gasteiger partial charge < -0.3 is 15.4 Å². The molecule has 6 heteroatoms. The van der Waals surface area contributed by atoms with Crippen LogP contribution in [0.3, 0.4) is 0 Å². The molecule has 0 radical (unpaired) electrons. The second-order valence-electron chi connectivity index (χ2n) is 5.50. The third-order valence-electron chi connectivity index (χ3n) is 3.67. The zero-order chi connectivity index (χ0) is 16.2. The Morgan fingerprint density at radius 2 is 2.17 bits per heavy atom. The van der Waals surface area contributed by atoms with Crippen LogP contribution in [0.2, 0.25) is 0 Å². The number of amides is 1. The van der Waals surface area contributed by atoms with Gasteiger partial charge in [-0.25, -0.2) is 9.97 Å². The summed E-state index contributed by atoms with van der Waals surface area (Å²) in [4.78, 5) is 21.0. The summed E-state index contributed by atoms with van der Waals surface area (Å²) >= 11 is 0. The lowest BCUT2D eigenvalue weighted by Crippen LogP contribution is -2.40. The van der Waals surface area contributed by atoms with Crippen LogP contribution in [0, 0.1) is 6.92 Å². The van der Waals surface area contributed by atoms with Gasteiger partial charge in [0.25, 0.3) is 0 Å². The van der Waals surface area contributed by atoms with Gasteiger partial charge in [0.1, 0.15) is 18.5 Å². The third-order valence-corrected chi connectivity index (χ3v) is 3.67. The van der Waals surface area contributed by atoms with Crippen LogP contribution < -0.4 is 10.6 Å². The number of aryl methyl sites for hydroxylation is 1. The van der Waals surface area contributed by atoms with Crippen molar-refractivity contribution >= 4 is 17.4 Å². The summed E-state index contributed by atoms with van der Waals surface area (Å²) in [6, 6.07) is 9.32. The number of carbonyl (C=O) groups is 1. The number of anilines is 2. The molecule has 0 saturated heterocycles. The minimum Gasteiger partial charge on any atom is -0.374 e. The predicted octanol–water partition coefficient (Wildman–Crippen LogP) is 2.30. The normalized spacial score (nSPS) is 16.6. The second-order valence-corrected chi connectivity index (χ2v) is 5.50. The Morgan fingerprint density at radius 1 is 1.35 bits per heavy atom. The fourth-order valence-electron chi connectivity index (χ4n) is 2.61. The van der Waals surface area contributed by atoms with E-state index < -0.39 is 0 Å². The van der Waals surface area contributed by atoms with E-state index in [4.69, 9.17) is 4.74 Å². The fourth-order valence-corrected chi connectivity index (χ4v) is 2.61. The molecule has 1 atom stereocenters. The minimum absolute atomic E-state index is 0.0497. The van der Waals surface area contributed by atoms with Gasteiger partial charge in [0.2, 0.25) is 5.91 Å². The molecule has 0 fully saturated rings. The van der Waals surface area contributed by atoms with Crippen LogP contribution in [0.4, 0.5) is 11.5 Å². The number of rotatable bonds is 5. The number of nitrogens with one attached hydrogen (secondary N) is 2. The highest BCUT2D eigenvalue weighted by molar-refractivity contribution is 5.99. The van der Waals surface area contributed by atoms with Gasteiger partial charge in [-0.05, 0) is 25.5 Å². The Bertz CT molecular complexity index is 717. The molecule has 6 nitrogen and oxygen atoms in total. The van der Waals surface area contributed by atoms with Crippen molar-refractivity contribution in [1.29, 1.82) is 0 Å². The number of hydrogen-bond acceptors (Lipinski definition) is 5. The molecule has 1 aromatic heterocycles. The summed E-state index contributed by atoms with van der Waals surface area (Å²) < 4.78 is 5.36. The van der Waals surface area contributed by atoms with Gasteiger partial charge >= 0.3 is 0 Å². The molecule has 3 rings (SSSR count). The monoisotopic (exact) mass is 312 g/mol. The molecule has 120 valence electrons. The lowest BCUT2D eigenvalue weighted by molar-refractivity contribution is -0.117. The van der Waals surface area contributed by atoms with Gasteiger partial charge in [0, 0.05) is 30.5 Å². The highest BCUT2D eigenvalue weighted by Crippen LogP contribution is 2.23. The van der Waals surface area contributed by atoms with Crippen molar-refractivity contribution in [3.05, 3.63) is 47.4 Å². The smallest absolute Gasteiger partial charge is 0.247 e. The van der Waals surface area contributed by atoms with Crippen LogP contribution >= 0.6 is 0 Å². The van der Waals surface area contributed by atoms with E-state index in [2.05, 4.69) is 20.6 Å². The Labute approximate surface area is 135 Å². The molecule has 23 heavy (non-hydrogen) atoms. The van der Waals surface area contributed by atoms with Crippen molar-refractivity contribution in [1.82, 2.24) is 9.97 Å². The van der Waals surface area contributed by atoms with Gasteiger partial charge in [-0.3, -0.25) is 4.79 Å². The summed E-state index contributed by atoms with van der Waals surface area (Å²) in [5.74, 6) is 1.21. The molecule has 1 aliphatic heterocycles. The molecule has 1 aromatic carbocycles. The lowest BCUT2D eigenvalue weighted by Gasteiger charge is -2.25. The molecular formula is C17H20N4O2. The van der Waals surface area contributed by atoms with Crippen LogP contribution in [0.25, 0.3) is 0 Å². The zero-order valence-electron chi connectivity index (χ0n) is 13.3. The number of hydrogen-bond donors (Lipinski definition) is 2. The number of aromatic nitrogens is 2. The average Bonchev–Trinajstić information content (AvgIpc) is 2.53. The summed E-state index contributed by atoms with van der Waals surface area (Å²) in [7, 11) is 0. The number of carbonyl (C=O) groups excluding carboxylic acids is 1. The second kappa shape index (κ2) is 6.75. The molecule has 0 bridgehead atoms. The van der Waals surface area contributed by atoms with Crippen LogP contribution in [0.15, 0.2) is 30.3 Å². The first-order valence-corrected chi connectivity index (χ1v) is 7.73. The summed E-state index contributed by atoms with van der Waals surface area (Å²) in [5, 5.41) is 6.13. The first-order chi connectivity index (χ1) is 11.2. The number of fused-ring (bicyclic) bond motifs is 1. The van der Waals surface area contributed by atoms with E-state index in [-0.39, 0.29) is 11.9 Å². The highest BCUT2D eigenvalue weighted by atomic mass is 16.5. The molecule has 1 aliphatic rings. The molecule has 2 aromatic rings. The molecule has 0 saturated carbocycles. The van der Waals surface area contributed by atoms with Crippen molar-refractivity contribution in [3.8, 4) is 0 Å². The maximum absolute atomic E-state index is 12.3. The molecular weight excluding hydrogens is 292 g/mol. The van der Waals surface area contributed by atoms with Gasteiger partial charge in [-0.1, -0.05) is 18.2 Å². The molecule has 2 heterocycles. The topological polar surface area (TPSA) is 76.1 Å². The molecule has 2 N–H and O–H groups in total. The van der Waals surface area contributed by atoms with Gasteiger partial charge in [-0.15, -0.1) is 0 Å². The molecule has 1 unspecified atom stereocenters. The lowest BCUT2D eigenvalue weighted by atomic mass is 9.99. The maximum Gasteiger partial charge on any atom is 0.247 e. The largest absolute Gasteiger partial charge is 0.374 e. The van der Waals surface area contributed by atoms with Gasteiger partial charge in [0.05, 0.1) is 0 Å². The first-order valence-electron chi connectivity index (χ1n) is 7.73. The van der Waals surface area contributed by atoms with Crippen molar-refractivity contribution in [3.63, 3.8) is 0 Å². The van der Waals surface area contributed by atoms with Crippen molar-refractivity contribution < 1.29 is 9.53 Å². The van der Waals surface area contributed by atoms with Gasteiger partial charge in [0.15, 0.2) is 5.82 Å². The van der Waals surface area contributed by atoms with E-state index in [9.17, 15) is 4.79 Å².